The summed E-state index contributed by atoms with van der Waals surface area (Å²) in [5, 5.41) is 0. The van der Waals surface area contributed by atoms with E-state index in [9.17, 15) is 4.39 Å². The molecule has 1 aromatic carbocycles. The quantitative estimate of drug-likeness (QED) is 0.378. The predicted octanol–water partition coefficient (Wildman–Crippen LogP) is 8.50. The van der Waals surface area contributed by atoms with Crippen LogP contribution in [0.15, 0.2) is 30.9 Å². The molecule has 0 nitrogen and oxygen atoms in total. The monoisotopic (exact) mass is 350 g/mol. The molecule has 1 atom stereocenters. The topological polar surface area (TPSA) is 0 Å². The highest BCUT2D eigenvalue weighted by atomic mass is 19.1. The molecule has 0 aromatic heterocycles. The Morgan fingerprint density at radius 1 is 1.16 bits per heavy atom. The number of rotatable bonds is 3. The molecular weight excluding hydrogens is 307 g/mol. The SMILES string of the molecule is C#CC.C=CCc1ccc(C(C)F)cc1C.CC.CC.CC(C)(C)C. The van der Waals surface area contributed by atoms with Crippen molar-refractivity contribution in [3.63, 3.8) is 0 Å². The lowest BCUT2D eigenvalue weighted by atomic mass is 10.0. The molecule has 0 heterocycles. The van der Waals surface area contributed by atoms with Gasteiger partial charge in [-0.3, -0.25) is 0 Å². The van der Waals surface area contributed by atoms with Gasteiger partial charge in [0.15, 0.2) is 0 Å². The highest BCUT2D eigenvalue weighted by Gasteiger charge is 2.04. The molecule has 0 amide bonds. The summed E-state index contributed by atoms with van der Waals surface area (Å²) in [4.78, 5) is 0. The maximum atomic E-state index is 12.9. The molecule has 1 unspecified atom stereocenters. The van der Waals surface area contributed by atoms with Crippen molar-refractivity contribution in [2.45, 2.75) is 88.8 Å². The molecule has 0 aliphatic carbocycles. The van der Waals surface area contributed by atoms with Crippen LogP contribution >= 0.6 is 0 Å². The molecule has 0 saturated carbocycles. The fourth-order valence-corrected chi connectivity index (χ4v) is 1.35. The van der Waals surface area contributed by atoms with Gasteiger partial charge in [-0.05, 0) is 49.3 Å². The molecule has 0 aliphatic rings. The summed E-state index contributed by atoms with van der Waals surface area (Å²) < 4.78 is 12.9. The molecule has 25 heavy (non-hydrogen) atoms. The minimum atomic E-state index is -0.878. The van der Waals surface area contributed by atoms with Crippen LogP contribution in [0.4, 0.5) is 4.39 Å². The normalized spacial score (nSPS) is 9.72. The summed E-state index contributed by atoms with van der Waals surface area (Å²) in [5.74, 6) is 2.25. The molecule has 0 saturated heterocycles. The standard InChI is InChI=1S/C12H15F.C5H12.C3H4.2C2H6/c1-4-5-11-6-7-12(10(3)13)8-9(11)2;1-5(2,3)4;1-3-2;2*1-2/h4,6-8,10H,1,5H2,2-3H3;1-4H3;1H,2H3;2*1-2H3. The molecular formula is C24H43F. The number of alkyl halides is 1. The van der Waals surface area contributed by atoms with Crippen molar-refractivity contribution in [1.29, 1.82) is 0 Å². The van der Waals surface area contributed by atoms with E-state index in [0.717, 1.165) is 17.5 Å². The van der Waals surface area contributed by atoms with Crippen LogP contribution in [0.5, 0.6) is 0 Å². The first-order valence-electron chi connectivity index (χ1n) is 9.28. The Morgan fingerprint density at radius 2 is 1.52 bits per heavy atom. The average Bonchev–Trinajstić information content (AvgIpc) is 2.52. The average molecular weight is 351 g/mol. The van der Waals surface area contributed by atoms with Crippen molar-refractivity contribution >= 4 is 0 Å². The Balaban J connectivity index is -0.000000153. The van der Waals surface area contributed by atoms with Gasteiger partial charge in [0.05, 0.1) is 0 Å². The molecule has 0 N–H and O–H groups in total. The minimum absolute atomic E-state index is 0.500. The summed E-state index contributed by atoms with van der Waals surface area (Å²) in [6.45, 7) is 25.6. The second kappa shape index (κ2) is 20.5. The summed E-state index contributed by atoms with van der Waals surface area (Å²) in [5.41, 5.74) is 3.62. The maximum Gasteiger partial charge on any atom is 0.122 e. The van der Waals surface area contributed by atoms with Crippen molar-refractivity contribution < 1.29 is 4.39 Å². The van der Waals surface area contributed by atoms with E-state index in [1.54, 1.807) is 13.8 Å². The van der Waals surface area contributed by atoms with Crippen molar-refractivity contribution in [3.8, 4) is 12.3 Å². The van der Waals surface area contributed by atoms with Gasteiger partial charge in [0, 0.05) is 0 Å². The van der Waals surface area contributed by atoms with Crippen LogP contribution in [-0.2, 0) is 6.42 Å². The van der Waals surface area contributed by atoms with E-state index in [1.165, 1.54) is 5.56 Å². The van der Waals surface area contributed by atoms with Crippen LogP contribution < -0.4 is 0 Å². The molecule has 1 rings (SSSR count). The third-order valence-electron chi connectivity index (χ3n) is 2.19. The lowest BCUT2D eigenvalue weighted by Gasteiger charge is -2.07. The van der Waals surface area contributed by atoms with Gasteiger partial charge < -0.3 is 0 Å². The Kier molecular flexibility index (Phi) is 25.6. The third kappa shape index (κ3) is 27.6. The number of terminal acetylenes is 1. The van der Waals surface area contributed by atoms with Crippen LogP contribution in [0.25, 0.3) is 0 Å². The van der Waals surface area contributed by atoms with Crippen LogP contribution in [0.3, 0.4) is 0 Å². The molecule has 0 spiro atoms. The van der Waals surface area contributed by atoms with Crippen molar-refractivity contribution in [2.75, 3.05) is 0 Å². The van der Waals surface area contributed by atoms with Crippen LogP contribution in [0.2, 0.25) is 0 Å². The minimum Gasteiger partial charge on any atom is -0.243 e. The number of hydrogen-bond acceptors (Lipinski definition) is 0. The lowest BCUT2D eigenvalue weighted by molar-refractivity contribution is 0.374. The number of halogens is 1. The number of hydrogen-bond donors (Lipinski definition) is 0. The highest BCUT2D eigenvalue weighted by molar-refractivity contribution is 5.33. The Morgan fingerprint density at radius 3 is 1.76 bits per heavy atom. The Bertz CT molecular complexity index is 436. The highest BCUT2D eigenvalue weighted by Crippen LogP contribution is 2.20. The predicted molar refractivity (Wildman–Crippen MR) is 117 cm³/mol. The zero-order valence-corrected chi connectivity index (χ0v) is 18.8. The van der Waals surface area contributed by atoms with E-state index in [-0.39, 0.29) is 0 Å². The lowest BCUT2D eigenvalue weighted by Crippen LogP contribution is -1.93. The van der Waals surface area contributed by atoms with Crippen molar-refractivity contribution in [1.82, 2.24) is 0 Å². The summed E-state index contributed by atoms with van der Waals surface area (Å²) in [6, 6.07) is 5.72. The molecule has 0 radical (unpaired) electrons. The van der Waals surface area contributed by atoms with E-state index in [0.29, 0.717) is 5.41 Å². The van der Waals surface area contributed by atoms with Crippen LogP contribution in [0, 0.1) is 24.7 Å². The van der Waals surface area contributed by atoms with Crippen LogP contribution in [0.1, 0.15) is 92.1 Å². The molecule has 0 aliphatic heterocycles. The summed E-state index contributed by atoms with van der Waals surface area (Å²) in [7, 11) is 0. The number of benzene rings is 1. The van der Waals surface area contributed by atoms with E-state index in [2.05, 4.69) is 46.6 Å². The molecule has 0 fully saturated rings. The first-order chi connectivity index (χ1) is 11.6. The third-order valence-corrected chi connectivity index (χ3v) is 2.19. The van der Waals surface area contributed by atoms with E-state index in [1.807, 2.05) is 58.9 Å². The fraction of sp³-hybridized carbons (Fsp3) is 0.583. The molecule has 1 aromatic rings. The zero-order valence-electron chi connectivity index (χ0n) is 18.8. The maximum absolute atomic E-state index is 12.9. The molecule has 1 heteroatoms. The van der Waals surface area contributed by atoms with Crippen LogP contribution in [-0.4, -0.2) is 0 Å². The number of aryl methyl sites for hydroxylation is 1. The van der Waals surface area contributed by atoms with Gasteiger partial charge in [-0.15, -0.1) is 18.9 Å². The van der Waals surface area contributed by atoms with Gasteiger partial charge in [-0.1, -0.05) is 79.7 Å². The van der Waals surface area contributed by atoms with E-state index >= 15 is 0 Å². The fourth-order valence-electron chi connectivity index (χ4n) is 1.35. The Hall–Kier alpha value is -1.55. The number of allylic oxidation sites excluding steroid dienone is 1. The summed E-state index contributed by atoms with van der Waals surface area (Å²) in [6.07, 6.45) is 6.43. The van der Waals surface area contributed by atoms with Crippen molar-refractivity contribution in [3.05, 3.63) is 47.5 Å². The van der Waals surface area contributed by atoms with Gasteiger partial charge in [0.25, 0.3) is 0 Å². The smallest absolute Gasteiger partial charge is 0.122 e. The van der Waals surface area contributed by atoms with Gasteiger partial charge in [0.2, 0.25) is 0 Å². The molecule has 146 valence electrons. The molecule has 0 bridgehead atoms. The van der Waals surface area contributed by atoms with Gasteiger partial charge in [-0.2, -0.15) is 0 Å². The second-order valence-corrected chi connectivity index (χ2v) is 6.58. The first-order valence-corrected chi connectivity index (χ1v) is 9.28. The van der Waals surface area contributed by atoms with E-state index in [4.69, 9.17) is 0 Å². The summed E-state index contributed by atoms with van der Waals surface area (Å²) >= 11 is 0. The van der Waals surface area contributed by atoms with Crippen molar-refractivity contribution in [2.24, 2.45) is 5.41 Å². The van der Waals surface area contributed by atoms with Gasteiger partial charge in [0.1, 0.15) is 6.17 Å². The van der Waals surface area contributed by atoms with Gasteiger partial charge >= 0.3 is 0 Å². The van der Waals surface area contributed by atoms with Gasteiger partial charge in [-0.25, -0.2) is 4.39 Å². The zero-order chi connectivity index (χ0) is 21.1. The Labute approximate surface area is 158 Å². The van der Waals surface area contributed by atoms with E-state index < -0.39 is 6.17 Å². The largest absolute Gasteiger partial charge is 0.243 e. The second-order valence-electron chi connectivity index (χ2n) is 6.58. The first kappa shape index (κ1) is 31.2.